The van der Waals surface area contributed by atoms with E-state index in [1.807, 2.05) is 25.1 Å². The molecule has 0 aliphatic heterocycles. The van der Waals surface area contributed by atoms with E-state index in [0.717, 1.165) is 5.56 Å². The van der Waals surface area contributed by atoms with Crippen molar-refractivity contribution in [1.82, 2.24) is 5.16 Å². The van der Waals surface area contributed by atoms with Gasteiger partial charge < -0.3 is 14.6 Å². The normalized spacial score (nSPS) is 10.1. The number of hydrogen-bond donors (Lipinski definition) is 2. The number of carbonyl (C=O) groups excluding carboxylic acids is 2. The molecular formula is C15H17N3O4. The molecule has 2 rings (SSSR count). The van der Waals surface area contributed by atoms with Crippen LogP contribution >= 0.6 is 0 Å². The van der Waals surface area contributed by atoms with Crippen LogP contribution in [0.15, 0.2) is 28.8 Å². The lowest BCUT2D eigenvalue weighted by molar-refractivity contribution is 0.0526. The van der Waals surface area contributed by atoms with Gasteiger partial charge in [0, 0.05) is 5.69 Å². The van der Waals surface area contributed by atoms with Crippen molar-refractivity contribution in [2.45, 2.75) is 20.8 Å². The SMILES string of the molecule is CCOC(=O)c1c(C)noc1NC(=O)Nc1cccc(C)c1. The van der Waals surface area contributed by atoms with Crippen molar-refractivity contribution < 1.29 is 18.8 Å². The number of benzene rings is 1. The van der Waals surface area contributed by atoms with Gasteiger partial charge in [0.2, 0.25) is 5.88 Å². The second-order valence-electron chi connectivity index (χ2n) is 4.64. The lowest BCUT2D eigenvalue weighted by Gasteiger charge is -2.07. The molecule has 1 aromatic carbocycles. The van der Waals surface area contributed by atoms with E-state index in [2.05, 4.69) is 15.8 Å². The van der Waals surface area contributed by atoms with Gasteiger partial charge in [-0.25, -0.2) is 9.59 Å². The Morgan fingerprint density at radius 1 is 1.27 bits per heavy atom. The minimum Gasteiger partial charge on any atom is -0.462 e. The van der Waals surface area contributed by atoms with Crippen LogP contribution < -0.4 is 10.6 Å². The van der Waals surface area contributed by atoms with Crippen LogP contribution in [0, 0.1) is 13.8 Å². The molecule has 0 aliphatic rings. The van der Waals surface area contributed by atoms with E-state index in [1.165, 1.54) is 0 Å². The summed E-state index contributed by atoms with van der Waals surface area (Å²) >= 11 is 0. The molecule has 1 aromatic heterocycles. The molecule has 2 amide bonds. The van der Waals surface area contributed by atoms with Gasteiger partial charge in [0.25, 0.3) is 0 Å². The van der Waals surface area contributed by atoms with Crippen molar-refractivity contribution in [2.24, 2.45) is 0 Å². The summed E-state index contributed by atoms with van der Waals surface area (Å²) in [6.07, 6.45) is 0. The first-order valence-corrected chi connectivity index (χ1v) is 6.79. The van der Waals surface area contributed by atoms with Crippen molar-refractivity contribution in [2.75, 3.05) is 17.2 Å². The highest BCUT2D eigenvalue weighted by atomic mass is 16.5. The topological polar surface area (TPSA) is 93.5 Å². The molecule has 0 radical (unpaired) electrons. The maximum Gasteiger partial charge on any atom is 0.345 e. The van der Waals surface area contributed by atoms with Gasteiger partial charge in [-0.15, -0.1) is 0 Å². The van der Waals surface area contributed by atoms with Crippen molar-refractivity contribution in [3.05, 3.63) is 41.1 Å². The Bertz CT molecular complexity index is 694. The van der Waals surface area contributed by atoms with Crippen LogP contribution in [0.1, 0.15) is 28.5 Å². The summed E-state index contributed by atoms with van der Waals surface area (Å²) < 4.78 is 9.88. The number of carbonyl (C=O) groups is 2. The molecule has 2 aromatic rings. The van der Waals surface area contributed by atoms with Gasteiger partial charge in [-0.1, -0.05) is 17.3 Å². The highest BCUT2D eigenvalue weighted by Crippen LogP contribution is 2.20. The number of anilines is 2. The highest BCUT2D eigenvalue weighted by molar-refractivity contribution is 6.04. The van der Waals surface area contributed by atoms with Gasteiger partial charge in [0.15, 0.2) is 0 Å². The Labute approximate surface area is 127 Å². The maximum absolute atomic E-state index is 12.0. The molecule has 1 heterocycles. The number of hydrogen-bond acceptors (Lipinski definition) is 5. The predicted octanol–water partition coefficient (Wildman–Crippen LogP) is 3.11. The second kappa shape index (κ2) is 6.75. The Balaban J connectivity index is 2.10. The van der Waals surface area contributed by atoms with E-state index in [-0.39, 0.29) is 18.1 Å². The first kappa shape index (κ1) is 15.6. The summed E-state index contributed by atoms with van der Waals surface area (Å²) in [4.78, 5) is 23.8. The van der Waals surface area contributed by atoms with Crippen LogP contribution in [0.5, 0.6) is 0 Å². The third-order valence-corrected chi connectivity index (χ3v) is 2.85. The summed E-state index contributed by atoms with van der Waals surface area (Å²) in [5, 5.41) is 8.78. The molecule has 0 bridgehead atoms. The lowest BCUT2D eigenvalue weighted by atomic mass is 10.2. The van der Waals surface area contributed by atoms with Gasteiger partial charge in [-0.3, -0.25) is 5.32 Å². The average Bonchev–Trinajstić information content (AvgIpc) is 2.79. The van der Waals surface area contributed by atoms with Gasteiger partial charge in [-0.05, 0) is 38.5 Å². The van der Waals surface area contributed by atoms with Gasteiger partial charge in [0.05, 0.1) is 12.3 Å². The fraction of sp³-hybridized carbons (Fsp3) is 0.267. The van der Waals surface area contributed by atoms with Crippen LogP contribution in [-0.4, -0.2) is 23.8 Å². The van der Waals surface area contributed by atoms with E-state index in [4.69, 9.17) is 9.26 Å². The number of urea groups is 1. The molecule has 0 saturated carbocycles. The zero-order valence-corrected chi connectivity index (χ0v) is 12.6. The van der Waals surface area contributed by atoms with Crippen LogP contribution in [0.2, 0.25) is 0 Å². The summed E-state index contributed by atoms with van der Waals surface area (Å²) in [5.41, 5.74) is 2.11. The van der Waals surface area contributed by atoms with E-state index >= 15 is 0 Å². The summed E-state index contributed by atoms with van der Waals surface area (Å²) in [6, 6.07) is 6.78. The first-order chi connectivity index (χ1) is 10.5. The van der Waals surface area contributed by atoms with E-state index in [9.17, 15) is 9.59 Å². The third kappa shape index (κ3) is 3.63. The smallest absolute Gasteiger partial charge is 0.345 e. The summed E-state index contributed by atoms with van der Waals surface area (Å²) in [6.45, 7) is 5.43. The van der Waals surface area contributed by atoms with Crippen molar-refractivity contribution >= 4 is 23.6 Å². The first-order valence-electron chi connectivity index (χ1n) is 6.79. The van der Waals surface area contributed by atoms with Gasteiger partial charge >= 0.3 is 12.0 Å². The van der Waals surface area contributed by atoms with E-state index in [1.54, 1.807) is 19.9 Å². The van der Waals surface area contributed by atoms with Crippen LogP contribution in [0.4, 0.5) is 16.4 Å². The molecule has 7 nitrogen and oxygen atoms in total. The molecule has 0 fully saturated rings. The Hall–Kier alpha value is -2.83. The van der Waals surface area contributed by atoms with Gasteiger partial charge in [0.1, 0.15) is 5.56 Å². The zero-order valence-electron chi connectivity index (χ0n) is 12.6. The quantitative estimate of drug-likeness (QED) is 0.846. The van der Waals surface area contributed by atoms with E-state index in [0.29, 0.717) is 11.4 Å². The largest absolute Gasteiger partial charge is 0.462 e. The zero-order chi connectivity index (χ0) is 16.1. The minimum absolute atomic E-state index is 0.0406. The van der Waals surface area contributed by atoms with E-state index < -0.39 is 12.0 Å². The highest BCUT2D eigenvalue weighted by Gasteiger charge is 2.23. The maximum atomic E-state index is 12.0. The number of ether oxygens (including phenoxy) is 1. The molecule has 0 saturated heterocycles. The number of amides is 2. The second-order valence-corrected chi connectivity index (χ2v) is 4.64. The molecule has 0 aliphatic carbocycles. The Morgan fingerprint density at radius 3 is 2.73 bits per heavy atom. The molecule has 0 atom stereocenters. The molecule has 2 N–H and O–H groups in total. The van der Waals surface area contributed by atoms with Crippen molar-refractivity contribution in [3.8, 4) is 0 Å². The van der Waals surface area contributed by atoms with Crippen LogP contribution in [0.25, 0.3) is 0 Å². The Morgan fingerprint density at radius 2 is 2.05 bits per heavy atom. The number of nitrogens with zero attached hydrogens (tertiary/aromatic N) is 1. The number of nitrogens with one attached hydrogen (secondary N) is 2. The average molecular weight is 303 g/mol. The summed E-state index contributed by atoms with van der Waals surface area (Å²) in [7, 11) is 0. The molecule has 7 heteroatoms. The molecular weight excluding hydrogens is 286 g/mol. The number of rotatable bonds is 4. The van der Waals surface area contributed by atoms with Gasteiger partial charge in [-0.2, -0.15) is 0 Å². The third-order valence-electron chi connectivity index (χ3n) is 2.85. The summed E-state index contributed by atoms with van der Waals surface area (Å²) in [5.74, 6) is -0.631. The molecule has 116 valence electrons. The fourth-order valence-electron chi connectivity index (χ4n) is 1.89. The molecule has 0 unspecified atom stereocenters. The monoisotopic (exact) mass is 303 g/mol. The standard InChI is InChI=1S/C15H17N3O4/c1-4-21-14(19)12-10(3)18-22-13(12)17-15(20)16-11-7-5-6-9(2)8-11/h5-8H,4H2,1-3H3,(H2,16,17,20). The number of esters is 1. The number of aryl methyl sites for hydroxylation is 2. The predicted molar refractivity (Wildman–Crippen MR) is 81.0 cm³/mol. The van der Waals surface area contributed by atoms with Crippen molar-refractivity contribution in [3.63, 3.8) is 0 Å². The number of aromatic nitrogens is 1. The van der Waals surface area contributed by atoms with Crippen molar-refractivity contribution in [1.29, 1.82) is 0 Å². The van der Waals surface area contributed by atoms with Crippen LogP contribution in [0.3, 0.4) is 0 Å². The fourth-order valence-corrected chi connectivity index (χ4v) is 1.89. The molecule has 22 heavy (non-hydrogen) atoms. The lowest BCUT2D eigenvalue weighted by Crippen LogP contribution is -2.21. The minimum atomic E-state index is -0.591. The Kier molecular flexibility index (Phi) is 4.77. The van der Waals surface area contributed by atoms with Crippen LogP contribution in [-0.2, 0) is 4.74 Å². The molecule has 0 spiro atoms.